The molecule has 0 radical (unpaired) electrons. The van der Waals surface area contributed by atoms with Gasteiger partial charge >= 0.3 is 5.97 Å². The van der Waals surface area contributed by atoms with Crippen LogP contribution in [0, 0.1) is 12.3 Å². The molecular weight excluding hydrogens is 364 g/mol. The van der Waals surface area contributed by atoms with Gasteiger partial charge < -0.3 is 10.1 Å². The first-order valence-electron chi connectivity index (χ1n) is 10.7. The Labute approximate surface area is 174 Å². The number of rotatable bonds is 6. The predicted molar refractivity (Wildman–Crippen MR) is 115 cm³/mol. The molecule has 1 aliphatic rings. The SMILES string of the molecule is CCOC(=O)C1(Cc2cccc(Nc3cc(C)nn3C(C)(C)C)n2)CCCCC1. The molecule has 0 atom stereocenters. The second kappa shape index (κ2) is 8.56. The molecule has 0 amide bonds. The fourth-order valence-corrected chi connectivity index (χ4v) is 4.19. The maximum Gasteiger partial charge on any atom is 0.312 e. The molecule has 6 nitrogen and oxygen atoms in total. The summed E-state index contributed by atoms with van der Waals surface area (Å²) in [5.74, 6) is 1.61. The van der Waals surface area contributed by atoms with Crippen molar-refractivity contribution in [2.45, 2.75) is 78.7 Å². The van der Waals surface area contributed by atoms with Crippen molar-refractivity contribution in [3.05, 3.63) is 35.7 Å². The fourth-order valence-electron chi connectivity index (χ4n) is 4.19. The first-order chi connectivity index (χ1) is 13.7. The van der Waals surface area contributed by atoms with Crippen LogP contribution in [0.5, 0.6) is 0 Å². The van der Waals surface area contributed by atoms with E-state index in [2.05, 4.69) is 31.2 Å². The maximum atomic E-state index is 12.8. The summed E-state index contributed by atoms with van der Waals surface area (Å²) in [5, 5.41) is 8.03. The Morgan fingerprint density at radius 3 is 2.62 bits per heavy atom. The van der Waals surface area contributed by atoms with Gasteiger partial charge in [0.15, 0.2) is 0 Å². The summed E-state index contributed by atoms with van der Waals surface area (Å²) >= 11 is 0. The summed E-state index contributed by atoms with van der Waals surface area (Å²) in [6.45, 7) is 10.7. The molecule has 2 aromatic rings. The summed E-state index contributed by atoms with van der Waals surface area (Å²) in [5.41, 5.74) is 1.30. The molecule has 3 rings (SSSR count). The second-order valence-corrected chi connectivity index (χ2v) is 9.13. The fraction of sp³-hybridized carbons (Fsp3) is 0.609. The van der Waals surface area contributed by atoms with Crippen LogP contribution < -0.4 is 5.32 Å². The average molecular weight is 399 g/mol. The normalized spacial score (nSPS) is 16.4. The molecule has 29 heavy (non-hydrogen) atoms. The van der Waals surface area contributed by atoms with Gasteiger partial charge in [0.25, 0.3) is 0 Å². The number of carbonyl (C=O) groups is 1. The first kappa shape index (κ1) is 21.3. The highest BCUT2D eigenvalue weighted by atomic mass is 16.5. The smallest absolute Gasteiger partial charge is 0.312 e. The predicted octanol–water partition coefficient (Wildman–Crippen LogP) is 5.14. The van der Waals surface area contributed by atoms with Crippen molar-refractivity contribution in [2.75, 3.05) is 11.9 Å². The number of esters is 1. The number of anilines is 2. The average Bonchev–Trinajstić information content (AvgIpc) is 3.03. The van der Waals surface area contributed by atoms with E-state index in [1.54, 1.807) is 0 Å². The number of nitrogens with one attached hydrogen (secondary N) is 1. The Kier molecular flexibility index (Phi) is 6.30. The van der Waals surface area contributed by atoms with Crippen LogP contribution in [0.15, 0.2) is 24.3 Å². The Bertz CT molecular complexity index is 845. The number of hydrogen-bond acceptors (Lipinski definition) is 5. The van der Waals surface area contributed by atoms with Crippen LogP contribution in [-0.2, 0) is 21.5 Å². The van der Waals surface area contributed by atoms with E-state index in [0.717, 1.165) is 48.7 Å². The van der Waals surface area contributed by atoms with Gasteiger partial charge in [-0.3, -0.25) is 4.79 Å². The standard InChI is InChI=1S/C23H34N4O2/c1-6-29-21(28)23(13-8-7-9-14-23)16-18-11-10-12-19(24-18)25-20-15-17(2)26-27(20)22(3,4)5/h10-12,15H,6-9,13-14,16H2,1-5H3,(H,24,25). The number of pyridine rings is 1. The topological polar surface area (TPSA) is 69.0 Å². The summed E-state index contributed by atoms with van der Waals surface area (Å²) < 4.78 is 7.43. The van der Waals surface area contributed by atoms with Gasteiger partial charge in [-0.1, -0.05) is 25.3 Å². The second-order valence-electron chi connectivity index (χ2n) is 9.13. The third-order valence-electron chi connectivity index (χ3n) is 5.57. The molecule has 1 N–H and O–H groups in total. The van der Waals surface area contributed by atoms with Crippen molar-refractivity contribution < 1.29 is 9.53 Å². The number of carbonyl (C=O) groups excluding carboxylic acids is 1. The van der Waals surface area contributed by atoms with Crippen molar-refractivity contribution in [3.63, 3.8) is 0 Å². The Balaban J connectivity index is 1.83. The number of hydrogen-bond donors (Lipinski definition) is 1. The third kappa shape index (κ3) is 4.98. The molecule has 2 heterocycles. The largest absolute Gasteiger partial charge is 0.466 e. The molecule has 0 aliphatic heterocycles. The lowest BCUT2D eigenvalue weighted by Gasteiger charge is -2.34. The van der Waals surface area contributed by atoms with Gasteiger partial charge in [-0.15, -0.1) is 0 Å². The van der Waals surface area contributed by atoms with Crippen LogP contribution in [-0.4, -0.2) is 27.3 Å². The van der Waals surface area contributed by atoms with E-state index in [-0.39, 0.29) is 11.5 Å². The minimum absolute atomic E-state index is 0.0682. The van der Waals surface area contributed by atoms with Crippen LogP contribution in [0.4, 0.5) is 11.6 Å². The minimum atomic E-state index is -0.441. The van der Waals surface area contributed by atoms with Crippen LogP contribution in [0.1, 0.15) is 71.2 Å². The van der Waals surface area contributed by atoms with Crippen LogP contribution >= 0.6 is 0 Å². The van der Waals surface area contributed by atoms with Crippen molar-refractivity contribution in [3.8, 4) is 0 Å². The van der Waals surface area contributed by atoms with Crippen LogP contribution in [0.2, 0.25) is 0 Å². The van der Waals surface area contributed by atoms with E-state index in [0.29, 0.717) is 13.0 Å². The highest BCUT2D eigenvalue weighted by Gasteiger charge is 2.41. The zero-order valence-corrected chi connectivity index (χ0v) is 18.4. The lowest BCUT2D eigenvalue weighted by atomic mass is 9.71. The van der Waals surface area contributed by atoms with E-state index in [1.807, 2.05) is 42.8 Å². The van der Waals surface area contributed by atoms with Gasteiger partial charge in [0.05, 0.1) is 23.3 Å². The minimum Gasteiger partial charge on any atom is -0.466 e. The van der Waals surface area contributed by atoms with Crippen LogP contribution in [0.25, 0.3) is 0 Å². The van der Waals surface area contributed by atoms with Gasteiger partial charge in [-0.25, -0.2) is 9.67 Å². The third-order valence-corrected chi connectivity index (χ3v) is 5.57. The molecule has 1 saturated carbocycles. The molecule has 0 bridgehead atoms. The summed E-state index contributed by atoms with van der Waals surface area (Å²) in [6, 6.07) is 7.99. The van der Waals surface area contributed by atoms with Gasteiger partial charge in [0, 0.05) is 18.2 Å². The van der Waals surface area contributed by atoms with Gasteiger partial charge in [-0.2, -0.15) is 5.10 Å². The summed E-state index contributed by atoms with van der Waals surface area (Å²) in [6.07, 6.45) is 5.70. The molecular formula is C23H34N4O2. The molecule has 0 unspecified atom stereocenters. The molecule has 2 aromatic heterocycles. The summed E-state index contributed by atoms with van der Waals surface area (Å²) in [4.78, 5) is 17.6. The molecule has 1 aliphatic carbocycles. The van der Waals surface area contributed by atoms with Crippen molar-refractivity contribution >= 4 is 17.6 Å². The molecule has 158 valence electrons. The van der Waals surface area contributed by atoms with Crippen molar-refractivity contribution in [1.82, 2.24) is 14.8 Å². The lowest BCUT2D eigenvalue weighted by molar-refractivity contribution is -0.157. The van der Waals surface area contributed by atoms with Gasteiger partial charge in [0.1, 0.15) is 11.6 Å². The lowest BCUT2D eigenvalue weighted by Crippen LogP contribution is -2.37. The zero-order valence-electron chi connectivity index (χ0n) is 18.4. The first-order valence-corrected chi connectivity index (χ1v) is 10.7. The molecule has 1 fully saturated rings. The molecule has 0 spiro atoms. The van der Waals surface area contributed by atoms with Crippen molar-refractivity contribution in [1.29, 1.82) is 0 Å². The number of aromatic nitrogens is 3. The highest BCUT2D eigenvalue weighted by molar-refractivity contribution is 5.77. The van der Waals surface area contributed by atoms with E-state index in [9.17, 15) is 4.79 Å². The highest BCUT2D eigenvalue weighted by Crippen LogP contribution is 2.40. The number of nitrogens with zero attached hydrogens (tertiary/aromatic N) is 3. The summed E-state index contributed by atoms with van der Waals surface area (Å²) in [7, 11) is 0. The van der Waals surface area contributed by atoms with E-state index in [4.69, 9.17) is 9.72 Å². The Morgan fingerprint density at radius 2 is 1.97 bits per heavy atom. The maximum absolute atomic E-state index is 12.8. The number of ether oxygens (including phenoxy) is 1. The van der Waals surface area contributed by atoms with Gasteiger partial charge in [0.2, 0.25) is 0 Å². The van der Waals surface area contributed by atoms with E-state index >= 15 is 0 Å². The number of aryl methyl sites for hydroxylation is 1. The molecule has 0 aromatic carbocycles. The van der Waals surface area contributed by atoms with Crippen molar-refractivity contribution in [2.24, 2.45) is 5.41 Å². The molecule has 0 saturated heterocycles. The van der Waals surface area contributed by atoms with Gasteiger partial charge in [-0.05, 0) is 59.6 Å². The van der Waals surface area contributed by atoms with E-state index in [1.165, 1.54) is 6.42 Å². The quantitative estimate of drug-likeness (QED) is 0.682. The Hall–Kier alpha value is -2.37. The van der Waals surface area contributed by atoms with Crippen LogP contribution in [0.3, 0.4) is 0 Å². The monoisotopic (exact) mass is 398 g/mol. The zero-order chi connectivity index (χ0) is 21.1. The molecule has 6 heteroatoms. The Morgan fingerprint density at radius 1 is 1.24 bits per heavy atom. The van der Waals surface area contributed by atoms with E-state index < -0.39 is 5.41 Å².